The minimum atomic E-state index is -0.611. The summed E-state index contributed by atoms with van der Waals surface area (Å²) >= 11 is 0. The predicted molar refractivity (Wildman–Crippen MR) is 136 cm³/mol. The lowest BCUT2D eigenvalue weighted by molar-refractivity contribution is -0.133. The lowest BCUT2D eigenvalue weighted by Gasteiger charge is -2.42. The molecule has 2 aliphatic rings. The summed E-state index contributed by atoms with van der Waals surface area (Å²) in [7, 11) is 0. The molecule has 3 rings (SSSR count). The zero-order chi connectivity index (χ0) is 24.5. The highest BCUT2D eigenvalue weighted by Crippen LogP contribution is 2.42. The predicted octanol–water partition coefficient (Wildman–Crippen LogP) is 3.92. The van der Waals surface area contributed by atoms with Crippen LogP contribution in [0.25, 0.3) is 0 Å². The summed E-state index contributed by atoms with van der Waals surface area (Å²) in [5, 5.41) is 6.25. The number of nitrogens with two attached hydrogens (primary N) is 2. The highest BCUT2D eigenvalue weighted by Gasteiger charge is 2.41. The molecule has 190 valence electrons. The van der Waals surface area contributed by atoms with Crippen LogP contribution >= 0.6 is 0 Å². The van der Waals surface area contributed by atoms with E-state index in [9.17, 15) is 9.59 Å². The van der Waals surface area contributed by atoms with Crippen molar-refractivity contribution in [2.75, 3.05) is 5.73 Å². The molecule has 34 heavy (non-hydrogen) atoms. The van der Waals surface area contributed by atoms with Crippen LogP contribution in [0.15, 0.2) is 18.3 Å². The molecule has 2 saturated carbocycles. The number of amides is 2. The van der Waals surface area contributed by atoms with Gasteiger partial charge in [-0.05, 0) is 35.3 Å². The Bertz CT molecular complexity index is 754. The van der Waals surface area contributed by atoms with Crippen LogP contribution in [0.2, 0.25) is 0 Å². The zero-order valence-electron chi connectivity index (χ0n) is 21.1. The molecule has 2 fully saturated rings. The van der Waals surface area contributed by atoms with Crippen LogP contribution < -0.4 is 22.1 Å². The maximum absolute atomic E-state index is 13.7. The van der Waals surface area contributed by atoms with Gasteiger partial charge in [0, 0.05) is 12.7 Å². The number of nitrogen functional groups attached to an aromatic ring is 1. The summed E-state index contributed by atoms with van der Waals surface area (Å²) in [6.45, 7) is 4.39. The van der Waals surface area contributed by atoms with Gasteiger partial charge >= 0.3 is 0 Å². The second kappa shape index (κ2) is 13.1. The molecule has 6 N–H and O–H groups in total. The fraction of sp³-hybridized carbons (Fsp3) is 0.741. The highest BCUT2D eigenvalue weighted by atomic mass is 16.2. The molecule has 1 aromatic rings. The van der Waals surface area contributed by atoms with Crippen molar-refractivity contribution in [3.05, 3.63) is 23.9 Å². The summed E-state index contributed by atoms with van der Waals surface area (Å²) < 4.78 is 0. The van der Waals surface area contributed by atoms with Gasteiger partial charge in [-0.1, -0.05) is 90.5 Å². The normalized spacial score (nSPS) is 20.5. The van der Waals surface area contributed by atoms with E-state index in [0.29, 0.717) is 24.2 Å². The number of nitrogens with one attached hydrogen (secondary N) is 2. The van der Waals surface area contributed by atoms with E-state index >= 15 is 0 Å². The summed E-state index contributed by atoms with van der Waals surface area (Å²) in [4.78, 5) is 31.0. The topological polar surface area (TPSA) is 123 Å². The van der Waals surface area contributed by atoms with Gasteiger partial charge < -0.3 is 22.1 Å². The first-order valence-corrected chi connectivity index (χ1v) is 13.4. The molecule has 3 atom stereocenters. The van der Waals surface area contributed by atoms with Crippen molar-refractivity contribution in [1.82, 2.24) is 15.6 Å². The van der Waals surface area contributed by atoms with Crippen LogP contribution in [0, 0.1) is 23.7 Å². The van der Waals surface area contributed by atoms with Crippen molar-refractivity contribution in [2.45, 2.75) is 103 Å². The number of pyridine rings is 1. The number of nitrogens with zero attached hydrogens (tertiary/aromatic N) is 1. The van der Waals surface area contributed by atoms with Crippen molar-refractivity contribution >= 4 is 17.6 Å². The van der Waals surface area contributed by atoms with Gasteiger partial charge in [-0.2, -0.15) is 0 Å². The molecule has 1 heterocycles. The van der Waals surface area contributed by atoms with E-state index < -0.39 is 12.1 Å². The molecule has 0 radical (unpaired) electrons. The fourth-order valence-electron chi connectivity index (χ4n) is 5.91. The van der Waals surface area contributed by atoms with Gasteiger partial charge in [-0.3, -0.25) is 9.59 Å². The highest BCUT2D eigenvalue weighted by molar-refractivity contribution is 5.90. The molecule has 2 aliphatic carbocycles. The summed E-state index contributed by atoms with van der Waals surface area (Å²) in [5.74, 6) is 1.28. The van der Waals surface area contributed by atoms with Gasteiger partial charge in [-0.25, -0.2) is 4.98 Å². The lowest BCUT2D eigenvalue weighted by Crippen LogP contribution is -2.58. The molecule has 0 aromatic carbocycles. The minimum absolute atomic E-state index is 0.0624. The SMILES string of the molecule is CCC(C)[C@@H](N)C(=O)N[C@@H](C(=O)NCc1ccc(N)nc1)C(C1CCCCC1)C1CCCCC1. The van der Waals surface area contributed by atoms with E-state index in [1.807, 2.05) is 19.9 Å². The van der Waals surface area contributed by atoms with Crippen molar-refractivity contribution in [1.29, 1.82) is 0 Å². The Labute approximate surface area is 205 Å². The molecule has 2 amide bonds. The van der Waals surface area contributed by atoms with Crippen LogP contribution in [-0.4, -0.2) is 28.9 Å². The third-order valence-electron chi connectivity index (χ3n) is 8.23. The molecule has 7 heteroatoms. The number of carbonyl (C=O) groups is 2. The Balaban J connectivity index is 1.83. The van der Waals surface area contributed by atoms with E-state index in [0.717, 1.165) is 37.7 Å². The third kappa shape index (κ3) is 7.17. The van der Waals surface area contributed by atoms with Crippen molar-refractivity contribution < 1.29 is 9.59 Å². The molecule has 0 bridgehead atoms. The number of carbonyl (C=O) groups excluding carboxylic acids is 2. The van der Waals surface area contributed by atoms with E-state index in [1.165, 1.54) is 38.5 Å². The second-order valence-electron chi connectivity index (χ2n) is 10.6. The number of anilines is 1. The second-order valence-corrected chi connectivity index (χ2v) is 10.6. The standard InChI is InChI=1S/C27H45N5O2/c1-3-18(2)24(29)26(33)32-25(27(34)31-17-19-14-15-22(28)30-16-19)23(20-10-6-4-7-11-20)21-12-8-5-9-13-21/h14-16,18,20-21,23-25H,3-13,17,29H2,1-2H3,(H2,28,30)(H,31,34)(H,32,33)/t18?,24-,25-/m1/s1. The molecule has 7 nitrogen and oxygen atoms in total. The van der Waals surface area contributed by atoms with Gasteiger partial charge in [0.15, 0.2) is 0 Å². The molecular formula is C27H45N5O2. The van der Waals surface area contributed by atoms with Gasteiger partial charge in [0.25, 0.3) is 0 Å². The molecule has 0 aliphatic heterocycles. The number of hydrogen-bond donors (Lipinski definition) is 4. The smallest absolute Gasteiger partial charge is 0.243 e. The Hall–Kier alpha value is -2.15. The van der Waals surface area contributed by atoms with Crippen LogP contribution in [0.1, 0.15) is 90.0 Å². The largest absolute Gasteiger partial charge is 0.384 e. The molecule has 0 spiro atoms. The average Bonchev–Trinajstić information content (AvgIpc) is 2.88. The van der Waals surface area contributed by atoms with E-state index in [1.54, 1.807) is 12.3 Å². The van der Waals surface area contributed by atoms with E-state index in [2.05, 4.69) is 15.6 Å². The van der Waals surface area contributed by atoms with Crippen LogP contribution in [-0.2, 0) is 16.1 Å². The summed E-state index contributed by atoms with van der Waals surface area (Å²) in [6.07, 6.45) is 14.4. The number of rotatable bonds is 10. The van der Waals surface area contributed by atoms with Crippen molar-refractivity contribution in [3.63, 3.8) is 0 Å². The van der Waals surface area contributed by atoms with Crippen molar-refractivity contribution in [3.8, 4) is 0 Å². The van der Waals surface area contributed by atoms with Gasteiger partial charge in [0.1, 0.15) is 11.9 Å². The number of hydrogen-bond acceptors (Lipinski definition) is 5. The van der Waals surface area contributed by atoms with Gasteiger partial charge in [0.05, 0.1) is 6.04 Å². The molecule has 1 aromatic heterocycles. The van der Waals surface area contributed by atoms with Crippen LogP contribution in [0.4, 0.5) is 5.82 Å². The molecule has 1 unspecified atom stereocenters. The van der Waals surface area contributed by atoms with Crippen LogP contribution in [0.3, 0.4) is 0 Å². The maximum atomic E-state index is 13.7. The van der Waals surface area contributed by atoms with Crippen LogP contribution in [0.5, 0.6) is 0 Å². The Morgan fingerprint density at radius 1 is 1.00 bits per heavy atom. The molecule has 0 saturated heterocycles. The first-order valence-electron chi connectivity index (χ1n) is 13.4. The quantitative estimate of drug-likeness (QED) is 0.412. The third-order valence-corrected chi connectivity index (χ3v) is 8.23. The van der Waals surface area contributed by atoms with Gasteiger partial charge in [0.2, 0.25) is 11.8 Å². The van der Waals surface area contributed by atoms with Gasteiger partial charge in [-0.15, -0.1) is 0 Å². The Kier molecular flexibility index (Phi) is 10.2. The minimum Gasteiger partial charge on any atom is -0.384 e. The zero-order valence-corrected chi connectivity index (χ0v) is 21.1. The lowest BCUT2D eigenvalue weighted by atomic mass is 9.66. The number of aromatic nitrogens is 1. The average molecular weight is 472 g/mol. The van der Waals surface area contributed by atoms with E-state index in [4.69, 9.17) is 11.5 Å². The Morgan fingerprint density at radius 2 is 1.59 bits per heavy atom. The van der Waals surface area contributed by atoms with E-state index in [-0.39, 0.29) is 23.7 Å². The summed E-state index contributed by atoms with van der Waals surface area (Å²) in [6, 6.07) is 2.43. The Morgan fingerprint density at radius 3 is 2.09 bits per heavy atom. The fourth-order valence-corrected chi connectivity index (χ4v) is 5.91. The first kappa shape index (κ1) is 26.5. The summed E-state index contributed by atoms with van der Waals surface area (Å²) in [5.41, 5.74) is 12.9. The molecular weight excluding hydrogens is 426 g/mol. The van der Waals surface area contributed by atoms with Crippen molar-refractivity contribution in [2.24, 2.45) is 29.4 Å². The first-order chi connectivity index (χ1) is 16.4. The monoisotopic (exact) mass is 471 g/mol. The maximum Gasteiger partial charge on any atom is 0.243 e.